The Balaban J connectivity index is 1.98. The molecule has 4 heteroatoms. The molecule has 0 radical (unpaired) electrons. The Morgan fingerprint density at radius 2 is 2.12 bits per heavy atom. The van der Waals surface area contributed by atoms with Crippen molar-refractivity contribution in [2.45, 2.75) is 19.3 Å². The van der Waals surface area contributed by atoms with E-state index < -0.39 is 0 Å². The fourth-order valence-corrected chi connectivity index (χ4v) is 2.43. The molecular weight excluding hydrogens is 216 g/mol. The van der Waals surface area contributed by atoms with Gasteiger partial charge in [0.1, 0.15) is 0 Å². The molecule has 0 amide bonds. The molecule has 0 spiro atoms. The first-order valence-corrected chi connectivity index (χ1v) is 6.77. The van der Waals surface area contributed by atoms with Crippen molar-refractivity contribution in [3.63, 3.8) is 0 Å². The van der Waals surface area contributed by atoms with Gasteiger partial charge < -0.3 is 19.7 Å². The number of likely N-dealkylation sites (tertiary alicyclic amines) is 1. The van der Waals surface area contributed by atoms with Crippen LogP contribution in [0.15, 0.2) is 0 Å². The minimum atomic E-state index is 0.738. The summed E-state index contributed by atoms with van der Waals surface area (Å²) in [6.07, 6.45) is 3.74. The standard InChI is InChI=1S/C13H28N2O2/c1-16-10-4-6-14-7-9-15-8-3-5-13(11-15)12-17-2/h13-14H,3-12H2,1-2H3. The fraction of sp³-hybridized carbons (Fsp3) is 1.00. The van der Waals surface area contributed by atoms with Gasteiger partial charge >= 0.3 is 0 Å². The maximum absolute atomic E-state index is 5.24. The van der Waals surface area contributed by atoms with E-state index in [1.807, 2.05) is 0 Å². The number of ether oxygens (including phenoxy) is 2. The van der Waals surface area contributed by atoms with Gasteiger partial charge in [0.25, 0.3) is 0 Å². The van der Waals surface area contributed by atoms with Crippen LogP contribution in [-0.4, -0.2) is 65.1 Å². The lowest BCUT2D eigenvalue weighted by Gasteiger charge is -2.32. The Bertz CT molecular complexity index is 177. The zero-order valence-corrected chi connectivity index (χ0v) is 11.4. The molecule has 0 aromatic carbocycles. The highest BCUT2D eigenvalue weighted by Gasteiger charge is 2.18. The molecule has 1 fully saturated rings. The van der Waals surface area contributed by atoms with Gasteiger partial charge in [-0.3, -0.25) is 0 Å². The van der Waals surface area contributed by atoms with Gasteiger partial charge in [-0.15, -0.1) is 0 Å². The number of nitrogens with zero attached hydrogens (tertiary/aromatic N) is 1. The van der Waals surface area contributed by atoms with Gasteiger partial charge in [0.2, 0.25) is 0 Å². The van der Waals surface area contributed by atoms with E-state index in [2.05, 4.69) is 10.2 Å². The van der Waals surface area contributed by atoms with Gasteiger partial charge in [-0.1, -0.05) is 0 Å². The van der Waals surface area contributed by atoms with Crippen LogP contribution in [0.3, 0.4) is 0 Å². The van der Waals surface area contributed by atoms with Crippen molar-refractivity contribution in [2.75, 3.05) is 60.2 Å². The van der Waals surface area contributed by atoms with E-state index in [0.29, 0.717) is 0 Å². The lowest BCUT2D eigenvalue weighted by atomic mass is 9.99. The summed E-state index contributed by atoms with van der Waals surface area (Å²) >= 11 is 0. The van der Waals surface area contributed by atoms with Crippen LogP contribution < -0.4 is 5.32 Å². The number of nitrogens with one attached hydrogen (secondary N) is 1. The predicted octanol–water partition coefficient (Wildman–Crippen LogP) is 0.971. The van der Waals surface area contributed by atoms with Crippen LogP contribution in [-0.2, 0) is 9.47 Å². The van der Waals surface area contributed by atoms with Crippen LogP contribution in [0, 0.1) is 5.92 Å². The topological polar surface area (TPSA) is 33.7 Å². The van der Waals surface area contributed by atoms with Crippen LogP contribution in [0.1, 0.15) is 19.3 Å². The molecule has 1 saturated heterocycles. The van der Waals surface area contributed by atoms with Crippen LogP contribution in [0.2, 0.25) is 0 Å². The van der Waals surface area contributed by atoms with Crippen molar-refractivity contribution in [3.8, 4) is 0 Å². The second-order valence-electron chi connectivity index (χ2n) is 4.86. The van der Waals surface area contributed by atoms with E-state index in [1.165, 1.54) is 25.9 Å². The molecule has 1 N–H and O–H groups in total. The van der Waals surface area contributed by atoms with E-state index in [0.717, 1.165) is 45.2 Å². The van der Waals surface area contributed by atoms with E-state index in [1.54, 1.807) is 14.2 Å². The Kier molecular flexibility index (Phi) is 8.61. The molecule has 1 unspecified atom stereocenters. The molecule has 0 bridgehead atoms. The van der Waals surface area contributed by atoms with Gasteiger partial charge in [-0.25, -0.2) is 0 Å². The first-order chi connectivity index (χ1) is 8.36. The van der Waals surface area contributed by atoms with Crippen LogP contribution in [0.25, 0.3) is 0 Å². The van der Waals surface area contributed by atoms with Gasteiger partial charge in [-0.2, -0.15) is 0 Å². The first kappa shape index (κ1) is 14.9. The summed E-state index contributed by atoms with van der Waals surface area (Å²) in [5, 5.41) is 3.46. The lowest BCUT2D eigenvalue weighted by Crippen LogP contribution is -2.40. The molecule has 0 aliphatic carbocycles. The minimum Gasteiger partial charge on any atom is -0.385 e. The number of hydrogen-bond acceptors (Lipinski definition) is 4. The summed E-state index contributed by atoms with van der Waals surface area (Å²) in [7, 11) is 3.56. The third kappa shape index (κ3) is 6.99. The summed E-state index contributed by atoms with van der Waals surface area (Å²) in [4.78, 5) is 2.55. The van der Waals surface area contributed by atoms with E-state index in [9.17, 15) is 0 Å². The number of hydrogen-bond donors (Lipinski definition) is 1. The van der Waals surface area contributed by atoms with Gasteiger partial charge in [0, 0.05) is 40.5 Å². The Labute approximate surface area is 106 Å². The van der Waals surface area contributed by atoms with E-state index in [-0.39, 0.29) is 0 Å². The van der Waals surface area contributed by atoms with Crippen molar-refractivity contribution in [1.82, 2.24) is 10.2 Å². The Hall–Kier alpha value is -0.160. The second-order valence-corrected chi connectivity index (χ2v) is 4.86. The largest absolute Gasteiger partial charge is 0.385 e. The molecule has 17 heavy (non-hydrogen) atoms. The van der Waals surface area contributed by atoms with Gasteiger partial charge in [0.15, 0.2) is 0 Å². The first-order valence-electron chi connectivity index (χ1n) is 6.77. The molecule has 1 rings (SSSR count). The lowest BCUT2D eigenvalue weighted by molar-refractivity contribution is 0.0910. The summed E-state index contributed by atoms with van der Waals surface area (Å²) in [6, 6.07) is 0. The van der Waals surface area contributed by atoms with Crippen LogP contribution in [0.4, 0.5) is 0 Å². The molecule has 102 valence electrons. The minimum absolute atomic E-state index is 0.738. The normalized spacial score (nSPS) is 21.9. The fourth-order valence-electron chi connectivity index (χ4n) is 2.43. The smallest absolute Gasteiger partial charge is 0.0502 e. The SMILES string of the molecule is COCCCNCCN1CCCC(COC)C1. The third-order valence-electron chi connectivity index (χ3n) is 3.31. The second kappa shape index (κ2) is 9.83. The van der Waals surface area contributed by atoms with Crippen molar-refractivity contribution >= 4 is 0 Å². The molecule has 4 nitrogen and oxygen atoms in total. The molecular formula is C13H28N2O2. The van der Waals surface area contributed by atoms with Gasteiger partial charge in [-0.05, 0) is 38.3 Å². The van der Waals surface area contributed by atoms with Crippen molar-refractivity contribution in [3.05, 3.63) is 0 Å². The molecule has 0 aromatic rings. The van der Waals surface area contributed by atoms with E-state index >= 15 is 0 Å². The molecule has 1 aliphatic heterocycles. The van der Waals surface area contributed by atoms with Crippen molar-refractivity contribution in [1.29, 1.82) is 0 Å². The molecule has 1 heterocycles. The number of rotatable bonds is 9. The monoisotopic (exact) mass is 244 g/mol. The summed E-state index contributed by atoms with van der Waals surface area (Å²) < 4.78 is 10.3. The molecule has 1 aliphatic rings. The highest BCUT2D eigenvalue weighted by atomic mass is 16.5. The Morgan fingerprint density at radius 1 is 1.24 bits per heavy atom. The predicted molar refractivity (Wildman–Crippen MR) is 70.4 cm³/mol. The number of piperidine rings is 1. The highest BCUT2D eigenvalue weighted by molar-refractivity contribution is 4.73. The zero-order valence-electron chi connectivity index (χ0n) is 11.4. The molecule has 1 atom stereocenters. The van der Waals surface area contributed by atoms with E-state index in [4.69, 9.17) is 9.47 Å². The summed E-state index contributed by atoms with van der Waals surface area (Å²) in [5.41, 5.74) is 0. The summed E-state index contributed by atoms with van der Waals surface area (Å²) in [5.74, 6) is 0.738. The zero-order chi connectivity index (χ0) is 12.3. The maximum atomic E-state index is 5.24. The highest BCUT2D eigenvalue weighted by Crippen LogP contribution is 2.15. The molecule has 0 aromatic heterocycles. The maximum Gasteiger partial charge on any atom is 0.0502 e. The average molecular weight is 244 g/mol. The Morgan fingerprint density at radius 3 is 2.88 bits per heavy atom. The molecule has 0 saturated carbocycles. The average Bonchev–Trinajstić information content (AvgIpc) is 2.35. The third-order valence-corrected chi connectivity index (χ3v) is 3.31. The number of methoxy groups -OCH3 is 2. The van der Waals surface area contributed by atoms with Crippen molar-refractivity contribution in [2.24, 2.45) is 5.92 Å². The van der Waals surface area contributed by atoms with Crippen LogP contribution in [0.5, 0.6) is 0 Å². The summed E-state index contributed by atoms with van der Waals surface area (Å²) in [6.45, 7) is 7.53. The van der Waals surface area contributed by atoms with Gasteiger partial charge in [0.05, 0.1) is 6.61 Å². The van der Waals surface area contributed by atoms with Crippen LogP contribution >= 0.6 is 0 Å². The van der Waals surface area contributed by atoms with Crippen molar-refractivity contribution < 1.29 is 9.47 Å². The quantitative estimate of drug-likeness (QED) is 0.613.